The number of ether oxygens (including phenoxy) is 1. The summed E-state index contributed by atoms with van der Waals surface area (Å²) in [6.45, 7) is 3.40. The summed E-state index contributed by atoms with van der Waals surface area (Å²) in [6, 6.07) is 7.18. The molecule has 0 bridgehead atoms. The first-order valence-electron chi connectivity index (χ1n) is 4.95. The van der Waals surface area contributed by atoms with E-state index in [1.54, 1.807) is 12.1 Å². The van der Waals surface area contributed by atoms with Crippen LogP contribution in [-0.4, -0.2) is 12.5 Å². The summed E-state index contributed by atoms with van der Waals surface area (Å²) < 4.78 is 5.37. The SMILES string of the molecule is CCCOCc1ccc(C(=O)NN)cc1. The van der Waals surface area contributed by atoms with Crippen LogP contribution in [0.1, 0.15) is 29.3 Å². The smallest absolute Gasteiger partial charge is 0.265 e. The zero-order chi connectivity index (χ0) is 11.1. The lowest BCUT2D eigenvalue weighted by Gasteiger charge is -2.04. The average molecular weight is 208 g/mol. The lowest BCUT2D eigenvalue weighted by molar-refractivity contribution is 0.0953. The molecule has 0 spiro atoms. The molecule has 0 aliphatic heterocycles. The molecule has 0 aromatic heterocycles. The minimum absolute atomic E-state index is 0.281. The molecule has 1 aromatic carbocycles. The van der Waals surface area contributed by atoms with Gasteiger partial charge in [0, 0.05) is 12.2 Å². The second-order valence-corrected chi connectivity index (χ2v) is 3.22. The molecule has 0 unspecified atom stereocenters. The molecule has 0 heterocycles. The van der Waals surface area contributed by atoms with Crippen molar-refractivity contribution >= 4 is 5.91 Å². The van der Waals surface area contributed by atoms with Crippen LogP contribution in [0, 0.1) is 0 Å². The maximum absolute atomic E-state index is 11.1. The van der Waals surface area contributed by atoms with E-state index < -0.39 is 0 Å². The van der Waals surface area contributed by atoms with Crippen LogP contribution in [-0.2, 0) is 11.3 Å². The van der Waals surface area contributed by atoms with Crippen LogP contribution in [0.3, 0.4) is 0 Å². The molecule has 0 aliphatic carbocycles. The van der Waals surface area contributed by atoms with Gasteiger partial charge in [0.25, 0.3) is 5.91 Å². The number of hydrazine groups is 1. The number of hydrogen-bond donors (Lipinski definition) is 2. The molecule has 0 saturated carbocycles. The Morgan fingerprint density at radius 2 is 2.07 bits per heavy atom. The van der Waals surface area contributed by atoms with E-state index in [-0.39, 0.29) is 5.91 Å². The highest BCUT2D eigenvalue weighted by Gasteiger charge is 2.02. The molecule has 1 amide bonds. The quantitative estimate of drug-likeness (QED) is 0.331. The fourth-order valence-corrected chi connectivity index (χ4v) is 1.17. The first-order valence-corrected chi connectivity index (χ1v) is 4.95. The van der Waals surface area contributed by atoms with Gasteiger partial charge in [-0.2, -0.15) is 0 Å². The van der Waals surface area contributed by atoms with Crippen molar-refractivity contribution in [2.75, 3.05) is 6.61 Å². The molecule has 82 valence electrons. The molecule has 4 nitrogen and oxygen atoms in total. The molecular formula is C11H16N2O2. The Bertz CT molecular complexity index is 309. The number of nitrogens with one attached hydrogen (secondary N) is 1. The van der Waals surface area contributed by atoms with Crippen LogP contribution in [0.25, 0.3) is 0 Å². The van der Waals surface area contributed by atoms with Crippen molar-refractivity contribution in [3.05, 3.63) is 35.4 Å². The lowest BCUT2D eigenvalue weighted by Crippen LogP contribution is -2.29. The zero-order valence-corrected chi connectivity index (χ0v) is 8.82. The van der Waals surface area contributed by atoms with E-state index in [4.69, 9.17) is 10.6 Å². The monoisotopic (exact) mass is 208 g/mol. The number of nitrogens with two attached hydrogens (primary N) is 1. The fourth-order valence-electron chi connectivity index (χ4n) is 1.17. The van der Waals surface area contributed by atoms with Crippen molar-refractivity contribution in [3.63, 3.8) is 0 Å². The Hall–Kier alpha value is -1.39. The van der Waals surface area contributed by atoms with E-state index in [1.807, 2.05) is 12.1 Å². The van der Waals surface area contributed by atoms with Gasteiger partial charge in [-0.3, -0.25) is 10.2 Å². The van der Waals surface area contributed by atoms with Gasteiger partial charge in [-0.15, -0.1) is 0 Å². The van der Waals surface area contributed by atoms with Gasteiger partial charge in [0.2, 0.25) is 0 Å². The largest absolute Gasteiger partial charge is 0.377 e. The summed E-state index contributed by atoms with van der Waals surface area (Å²) in [5.41, 5.74) is 3.69. The highest BCUT2D eigenvalue weighted by atomic mass is 16.5. The maximum atomic E-state index is 11.1. The van der Waals surface area contributed by atoms with Crippen molar-refractivity contribution in [1.82, 2.24) is 5.43 Å². The van der Waals surface area contributed by atoms with E-state index in [0.717, 1.165) is 18.6 Å². The van der Waals surface area contributed by atoms with E-state index >= 15 is 0 Å². The number of rotatable bonds is 5. The fraction of sp³-hybridized carbons (Fsp3) is 0.364. The molecule has 0 fully saturated rings. The van der Waals surface area contributed by atoms with Crippen molar-refractivity contribution in [1.29, 1.82) is 0 Å². The van der Waals surface area contributed by atoms with Crippen molar-refractivity contribution in [3.8, 4) is 0 Å². The predicted octanol–water partition coefficient (Wildman–Crippen LogP) is 1.22. The molecule has 3 N–H and O–H groups in total. The van der Waals surface area contributed by atoms with Gasteiger partial charge in [0.1, 0.15) is 0 Å². The number of nitrogen functional groups attached to an aromatic ring is 1. The second kappa shape index (κ2) is 6.16. The number of carbonyl (C=O) groups is 1. The normalized spacial score (nSPS) is 10.0. The lowest BCUT2D eigenvalue weighted by atomic mass is 10.1. The molecule has 0 radical (unpaired) electrons. The van der Waals surface area contributed by atoms with Gasteiger partial charge in [-0.25, -0.2) is 5.84 Å². The zero-order valence-electron chi connectivity index (χ0n) is 8.82. The Kier molecular flexibility index (Phi) is 4.80. The summed E-state index contributed by atoms with van der Waals surface area (Å²) in [5, 5.41) is 0. The molecule has 0 saturated heterocycles. The molecule has 15 heavy (non-hydrogen) atoms. The van der Waals surface area contributed by atoms with Crippen LogP contribution in [0.5, 0.6) is 0 Å². The summed E-state index contributed by atoms with van der Waals surface area (Å²) in [5.74, 6) is 4.73. The van der Waals surface area contributed by atoms with E-state index in [0.29, 0.717) is 12.2 Å². The van der Waals surface area contributed by atoms with Gasteiger partial charge in [0.05, 0.1) is 6.61 Å². The van der Waals surface area contributed by atoms with Crippen molar-refractivity contribution in [2.24, 2.45) is 5.84 Å². The Morgan fingerprint density at radius 3 is 2.60 bits per heavy atom. The Morgan fingerprint density at radius 1 is 1.40 bits per heavy atom. The van der Waals surface area contributed by atoms with E-state index in [2.05, 4.69) is 12.3 Å². The minimum Gasteiger partial charge on any atom is -0.377 e. The Labute approximate surface area is 89.4 Å². The second-order valence-electron chi connectivity index (χ2n) is 3.22. The summed E-state index contributed by atoms with van der Waals surface area (Å²) in [7, 11) is 0. The van der Waals surface area contributed by atoms with Gasteiger partial charge in [-0.1, -0.05) is 19.1 Å². The number of amides is 1. The summed E-state index contributed by atoms with van der Waals surface area (Å²) >= 11 is 0. The number of carbonyl (C=O) groups excluding carboxylic acids is 1. The van der Waals surface area contributed by atoms with Crippen LogP contribution in [0.2, 0.25) is 0 Å². The third-order valence-corrected chi connectivity index (χ3v) is 1.96. The van der Waals surface area contributed by atoms with Crippen molar-refractivity contribution < 1.29 is 9.53 Å². The van der Waals surface area contributed by atoms with Gasteiger partial charge >= 0.3 is 0 Å². The topological polar surface area (TPSA) is 64.3 Å². The van der Waals surface area contributed by atoms with E-state index in [9.17, 15) is 4.79 Å². The standard InChI is InChI=1S/C11H16N2O2/c1-2-7-15-8-9-3-5-10(6-4-9)11(14)13-12/h3-6H,2,7-8,12H2,1H3,(H,13,14). The molecule has 0 atom stereocenters. The molecule has 1 aromatic rings. The first-order chi connectivity index (χ1) is 7.27. The highest BCUT2D eigenvalue weighted by molar-refractivity contribution is 5.93. The number of hydrogen-bond acceptors (Lipinski definition) is 3. The molecule has 4 heteroatoms. The van der Waals surface area contributed by atoms with Crippen LogP contribution in [0.15, 0.2) is 24.3 Å². The average Bonchev–Trinajstić information content (AvgIpc) is 2.29. The van der Waals surface area contributed by atoms with Gasteiger partial charge < -0.3 is 4.74 Å². The van der Waals surface area contributed by atoms with Crippen molar-refractivity contribution in [2.45, 2.75) is 20.0 Å². The highest BCUT2D eigenvalue weighted by Crippen LogP contribution is 2.05. The number of benzene rings is 1. The first kappa shape index (κ1) is 11.7. The van der Waals surface area contributed by atoms with Gasteiger partial charge in [0.15, 0.2) is 0 Å². The minimum atomic E-state index is -0.281. The van der Waals surface area contributed by atoms with Gasteiger partial charge in [-0.05, 0) is 24.1 Å². The molecular weight excluding hydrogens is 192 g/mol. The summed E-state index contributed by atoms with van der Waals surface area (Å²) in [4.78, 5) is 11.1. The predicted molar refractivity (Wildman–Crippen MR) is 58.0 cm³/mol. The molecule has 1 rings (SSSR count). The molecule has 0 aliphatic rings. The summed E-state index contributed by atoms with van der Waals surface area (Å²) in [6.07, 6.45) is 1.01. The Balaban J connectivity index is 2.52. The third-order valence-electron chi connectivity index (χ3n) is 1.96. The maximum Gasteiger partial charge on any atom is 0.265 e. The third kappa shape index (κ3) is 3.69. The van der Waals surface area contributed by atoms with Crippen LogP contribution >= 0.6 is 0 Å². The van der Waals surface area contributed by atoms with Crippen LogP contribution in [0.4, 0.5) is 0 Å². The van der Waals surface area contributed by atoms with E-state index in [1.165, 1.54) is 0 Å². The van der Waals surface area contributed by atoms with Crippen LogP contribution < -0.4 is 11.3 Å².